The van der Waals surface area contributed by atoms with Gasteiger partial charge in [-0.2, -0.15) is 5.26 Å². The molecule has 1 rings (SSSR count). The van der Waals surface area contributed by atoms with E-state index in [0.717, 1.165) is 13.0 Å². The molecule has 96 valence electrons. The summed E-state index contributed by atoms with van der Waals surface area (Å²) in [5.41, 5.74) is 7.85. The zero-order chi connectivity index (χ0) is 11.3. The summed E-state index contributed by atoms with van der Waals surface area (Å²) in [4.78, 5) is 2.08. The molecule has 1 atom stereocenters. The van der Waals surface area contributed by atoms with Crippen LogP contribution in [0.5, 0.6) is 0 Å². The molecule has 0 saturated carbocycles. The predicted octanol–water partition coefficient (Wildman–Crippen LogP) is 1.83. The Balaban J connectivity index is 0. The molecule has 0 aromatic heterocycles. The number of likely N-dealkylation sites (N-methyl/N-ethyl adjacent to an activating group) is 1. The van der Waals surface area contributed by atoms with E-state index in [9.17, 15) is 0 Å². The van der Waals surface area contributed by atoms with Crippen LogP contribution in [0.4, 0.5) is 0 Å². The van der Waals surface area contributed by atoms with Gasteiger partial charge in [0.25, 0.3) is 0 Å². The highest BCUT2D eigenvalue weighted by molar-refractivity contribution is 5.85. The third-order valence-corrected chi connectivity index (χ3v) is 2.18. The summed E-state index contributed by atoms with van der Waals surface area (Å²) in [6.45, 7) is 0.875. The van der Waals surface area contributed by atoms with Crippen molar-refractivity contribution < 1.29 is 0 Å². The molecule has 3 nitrogen and oxygen atoms in total. The molecule has 0 aliphatic carbocycles. The fraction of sp³-hybridized carbons (Fsp3) is 0.417. The standard InChI is InChI=1S/C12H17N3.2ClH/c1-15(2)9-12(14)7-10-3-5-11(8-13)6-4-10;;/h3-6,12H,7,9,14H2,1-2H3;2*1H. The van der Waals surface area contributed by atoms with Gasteiger partial charge >= 0.3 is 0 Å². The van der Waals surface area contributed by atoms with E-state index in [4.69, 9.17) is 11.0 Å². The highest BCUT2D eigenvalue weighted by Gasteiger charge is 2.05. The number of hydrogen-bond donors (Lipinski definition) is 1. The van der Waals surface area contributed by atoms with Crippen LogP contribution in [-0.4, -0.2) is 31.6 Å². The van der Waals surface area contributed by atoms with Crippen molar-refractivity contribution in [2.24, 2.45) is 5.73 Å². The lowest BCUT2D eigenvalue weighted by molar-refractivity contribution is 0.371. The molecule has 0 fully saturated rings. The van der Waals surface area contributed by atoms with Crippen LogP contribution >= 0.6 is 24.8 Å². The number of nitriles is 1. The van der Waals surface area contributed by atoms with Crippen molar-refractivity contribution in [2.75, 3.05) is 20.6 Å². The maximum atomic E-state index is 8.65. The number of nitrogens with zero attached hydrogens (tertiary/aromatic N) is 2. The van der Waals surface area contributed by atoms with E-state index in [-0.39, 0.29) is 30.9 Å². The number of rotatable bonds is 4. The average molecular weight is 276 g/mol. The zero-order valence-corrected chi connectivity index (χ0v) is 11.7. The van der Waals surface area contributed by atoms with Crippen molar-refractivity contribution in [2.45, 2.75) is 12.5 Å². The van der Waals surface area contributed by atoms with Crippen LogP contribution in [0.15, 0.2) is 24.3 Å². The second kappa shape index (κ2) is 9.26. The van der Waals surface area contributed by atoms with Gasteiger partial charge in [-0.25, -0.2) is 0 Å². The van der Waals surface area contributed by atoms with Crippen molar-refractivity contribution in [3.05, 3.63) is 35.4 Å². The quantitative estimate of drug-likeness (QED) is 0.912. The Morgan fingerprint density at radius 2 is 1.76 bits per heavy atom. The fourth-order valence-electron chi connectivity index (χ4n) is 1.55. The summed E-state index contributed by atoms with van der Waals surface area (Å²) in [7, 11) is 4.03. The third kappa shape index (κ3) is 7.19. The van der Waals surface area contributed by atoms with E-state index in [1.165, 1.54) is 5.56 Å². The zero-order valence-electron chi connectivity index (χ0n) is 10.1. The molecule has 2 N–H and O–H groups in total. The van der Waals surface area contributed by atoms with Crippen LogP contribution in [0, 0.1) is 11.3 Å². The maximum Gasteiger partial charge on any atom is 0.0991 e. The molecule has 17 heavy (non-hydrogen) atoms. The number of halogens is 2. The molecule has 0 radical (unpaired) electrons. The second-order valence-corrected chi connectivity index (χ2v) is 4.04. The summed E-state index contributed by atoms with van der Waals surface area (Å²) in [5.74, 6) is 0. The van der Waals surface area contributed by atoms with E-state index in [0.29, 0.717) is 5.56 Å². The van der Waals surface area contributed by atoms with Gasteiger partial charge in [-0.1, -0.05) is 12.1 Å². The van der Waals surface area contributed by atoms with Crippen molar-refractivity contribution in [3.63, 3.8) is 0 Å². The highest BCUT2D eigenvalue weighted by atomic mass is 35.5. The van der Waals surface area contributed by atoms with Gasteiger partial charge in [0.05, 0.1) is 11.6 Å². The Kier molecular flexibility index (Phi) is 10.1. The minimum Gasteiger partial charge on any atom is -0.326 e. The number of benzene rings is 1. The Morgan fingerprint density at radius 1 is 1.24 bits per heavy atom. The summed E-state index contributed by atoms with van der Waals surface area (Å²) >= 11 is 0. The van der Waals surface area contributed by atoms with Crippen LogP contribution in [-0.2, 0) is 6.42 Å². The van der Waals surface area contributed by atoms with Gasteiger partial charge < -0.3 is 10.6 Å². The molecule has 5 heteroatoms. The van der Waals surface area contributed by atoms with Gasteiger partial charge in [-0.05, 0) is 38.2 Å². The summed E-state index contributed by atoms with van der Waals surface area (Å²) in [6, 6.07) is 9.84. The summed E-state index contributed by atoms with van der Waals surface area (Å²) in [5, 5.41) is 8.65. The molecule has 0 aliphatic rings. The van der Waals surface area contributed by atoms with Gasteiger partial charge in [-0.3, -0.25) is 0 Å². The third-order valence-electron chi connectivity index (χ3n) is 2.18. The number of nitrogens with two attached hydrogens (primary N) is 1. The Hall–Kier alpha value is -0.790. The topological polar surface area (TPSA) is 53.0 Å². The van der Waals surface area contributed by atoms with Crippen LogP contribution < -0.4 is 5.73 Å². The van der Waals surface area contributed by atoms with Crippen molar-refractivity contribution >= 4 is 24.8 Å². The molecule has 1 aromatic rings. The SMILES string of the molecule is CN(C)CC(N)Cc1ccc(C#N)cc1.Cl.Cl. The molecule has 0 bridgehead atoms. The normalized spacial score (nSPS) is 11.0. The second-order valence-electron chi connectivity index (χ2n) is 4.04. The molecule has 1 unspecified atom stereocenters. The van der Waals surface area contributed by atoms with E-state index < -0.39 is 0 Å². The molecular weight excluding hydrogens is 257 g/mol. The van der Waals surface area contributed by atoms with Crippen LogP contribution in [0.3, 0.4) is 0 Å². The Morgan fingerprint density at radius 3 is 2.18 bits per heavy atom. The lowest BCUT2D eigenvalue weighted by Gasteiger charge is -2.16. The molecular formula is C12H19Cl2N3. The molecule has 0 amide bonds. The van der Waals surface area contributed by atoms with Crippen molar-refractivity contribution in [1.29, 1.82) is 5.26 Å². The summed E-state index contributed by atoms with van der Waals surface area (Å²) in [6.07, 6.45) is 0.851. The first kappa shape index (κ1) is 18.6. The monoisotopic (exact) mass is 275 g/mol. The molecule has 0 saturated heterocycles. The largest absolute Gasteiger partial charge is 0.326 e. The average Bonchev–Trinajstić information content (AvgIpc) is 2.17. The molecule has 0 spiro atoms. The predicted molar refractivity (Wildman–Crippen MR) is 75.9 cm³/mol. The molecule has 0 aliphatic heterocycles. The maximum absolute atomic E-state index is 8.65. The lowest BCUT2D eigenvalue weighted by atomic mass is 10.0. The number of hydrogen-bond acceptors (Lipinski definition) is 3. The first-order chi connectivity index (χ1) is 7.11. The van der Waals surface area contributed by atoms with E-state index in [1.807, 2.05) is 38.4 Å². The van der Waals surface area contributed by atoms with E-state index >= 15 is 0 Å². The van der Waals surface area contributed by atoms with E-state index in [2.05, 4.69) is 11.0 Å². The minimum absolute atomic E-state index is 0. The van der Waals surface area contributed by atoms with Crippen LogP contribution in [0.25, 0.3) is 0 Å². The smallest absolute Gasteiger partial charge is 0.0991 e. The van der Waals surface area contributed by atoms with Crippen molar-refractivity contribution in [1.82, 2.24) is 4.90 Å². The van der Waals surface area contributed by atoms with Gasteiger partial charge in [-0.15, -0.1) is 24.8 Å². The fourth-order valence-corrected chi connectivity index (χ4v) is 1.55. The molecule has 0 heterocycles. The highest BCUT2D eigenvalue weighted by Crippen LogP contribution is 2.05. The van der Waals surface area contributed by atoms with Gasteiger partial charge in [0.2, 0.25) is 0 Å². The first-order valence-electron chi connectivity index (χ1n) is 5.01. The van der Waals surface area contributed by atoms with Gasteiger partial charge in [0.1, 0.15) is 0 Å². The van der Waals surface area contributed by atoms with Crippen molar-refractivity contribution in [3.8, 4) is 6.07 Å². The summed E-state index contributed by atoms with van der Waals surface area (Å²) < 4.78 is 0. The molecule has 1 aromatic carbocycles. The van der Waals surface area contributed by atoms with Gasteiger partial charge in [0.15, 0.2) is 0 Å². The van der Waals surface area contributed by atoms with Crippen LogP contribution in [0.2, 0.25) is 0 Å². The Bertz CT molecular complexity index is 344. The lowest BCUT2D eigenvalue weighted by Crippen LogP contribution is -2.34. The Labute approximate surface area is 115 Å². The van der Waals surface area contributed by atoms with Crippen LogP contribution in [0.1, 0.15) is 11.1 Å². The van der Waals surface area contributed by atoms with Gasteiger partial charge in [0, 0.05) is 12.6 Å². The minimum atomic E-state index is 0. The first-order valence-corrected chi connectivity index (χ1v) is 5.01. The van der Waals surface area contributed by atoms with E-state index in [1.54, 1.807) is 0 Å².